The number of hydrogen-bond donors (Lipinski definition) is 4. The minimum Gasteiger partial charge on any atom is -0.484 e. The topological polar surface area (TPSA) is 113 Å². The van der Waals surface area contributed by atoms with Crippen LogP contribution in [0.15, 0.2) is 54.6 Å². The number of carbonyl (C=O) groups excluding carboxylic acids is 2. The number of hydrazine groups is 1. The van der Waals surface area contributed by atoms with Crippen LogP contribution in [-0.2, 0) is 9.59 Å². The van der Waals surface area contributed by atoms with Crippen molar-refractivity contribution in [3.05, 3.63) is 71.4 Å². The molecule has 2 saturated heterocycles. The number of amides is 2. The summed E-state index contributed by atoms with van der Waals surface area (Å²) in [5.41, 5.74) is 7.26. The van der Waals surface area contributed by atoms with Gasteiger partial charge in [0.1, 0.15) is 17.7 Å². The first-order chi connectivity index (χ1) is 16.9. The van der Waals surface area contributed by atoms with Crippen molar-refractivity contribution in [2.45, 2.75) is 33.2 Å². The molecule has 10 nitrogen and oxygen atoms in total. The number of hydrogen-bond acceptors (Lipinski definition) is 7. The number of aromatic nitrogens is 2. The van der Waals surface area contributed by atoms with E-state index >= 15 is 0 Å². The second-order valence-electron chi connectivity index (χ2n) is 8.96. The van der Waals surface area contributed by atoms with Crippen molar-refractivity contribution in [2.75, 3.05) is 23.5 Å². The summed E-state index contributed by atoms with van der Waals surface area (Å²) in [6.45, 7) is 6.23. The zero-order valence-corrected chi connectivity index (χ0v) is 19.9. The SMILES string of the molecule is Cc1ccc(OCC(=O)Nc2cc(C)nn2C2NC(=O)C3CNN(c4ccc(C)cc4)C3N2)cc1. The number of anilines is 2. The monoisotopic (exact) mass is 475 g/mol. The van der Waals surface area contributed by atoms with Crippen LogP contribution in [0.5, 0.6) is 5.75 Å². The predicted molar refractivity (Wildman–Crippen MR) is 132 cm³/mol. The van der Waals surface area contributed by atoms with Gasteiger partial charge in [0.15, 0.2) is 12.9 Å². The standard InChI is InChI=1S/C25H29N7O3/c1-15-4-8-18(9-5-15)31-23-20(13-26-31)24(34)29-25(28-23)32-21(12-17(3)30-32)27-22(33)14-35-19-10-6-16(2)7-11-19/h4-12,20,23,25-26,28H,13-14H2,1-3H3,(H,27,33)(H,29,34). The molecule has 0 aliphatic carbocycles. The molecule has 2 aliphatic heterocycles. The first-order valence-corrected chi connectivity index (χ1v) is 11.6. The predicted octanol–water partition coefficient (Wildman–Crippen LogP) is 1.97. The number of benzene rings is 2. The molecule has 2 fully saturated rings. The van der Waals surface area contributed by atoms with Crippen molar-refractivity contribution in [1.29, 1.82) is 0 Å². The molecule has 2 aromatic carbocycles. The summed E-state index contributed by atoms with van der Waals surface area (Å²) in [6.07, 6.45) is -0.923. The van der Waals surface area contributed by atoms with Crippen LogP contribution < -0.4 is 31.1 Å². The molecule has 182 valence electrons. The third kappa shape index (κ3) is 4.84. The molecule has 3 unspecified atom stereocenters. The first-order valence-electron chi connectivity index (χ1n) is 11.6. The number of fused-ring (bicyclic) bond motifs is 1. The molecule has 3 heterocycles. The minimum atomic E-state index is -0.640. The summed E-state index contributed by atoms with van der Waals surface area (Å²) < 4.78 is 7.17. The highest BCUT2D eigenvalue weighted by Crippen LogP contribution is 2.28. The molecule has 4 N–H and O–H groups in total. The highest BCUT2D eigenvalue weighted by Gasteiger charge is 2.45. The number of carbonyl (C=O) groups is 2. The molecular weight excluding hydrogens is 446 g/mol. The van der Waals surface area contributed by atoms with Crippen LogP contribution in [0.2, 0.25) is 0 Å². The summed E-state index contributed by atoms with van der Waals surface area (Å²) in [5.74, 6) is 0.395. The fraction of sp³-hybridized carbons (Fsp3) is 0.320. The van der Waals surface area contributed by atoms with E-state index in [1.165, 1.54) is 0 Å². The highest BCUT2D eigenvalue weighted by atomic mass is 16.5. The lowest BCUT2D eigenvalue weighted by Gasteiger charge is -2.37. The number of rotatable bonds is 6. The summed E-state index contributed by atoms with van der Waals surface area (Å²) in [5, 5.41) is 15.8. The lowest BCUT2D eigenvalue weighted by Crippen LogP contribution is -2.61. The van der Waals surface area contributed by atoms with E-state index < -0.39 is 6.29 Å². The minimum absolute atomic E-state index is 0.0889. The van der Waals surface area contributed by atoms with Gasteiger partial charge in [0.25, 0.3) is 5.91 Å². The fourth-order valence-electron chi connectivity index (χ4n) is 4.32. The van der Waals surface area contributed by atoms with Crippen LogP contribution in [-0.4, -0.2) is 40.9 Å². The van der Waals surface area contributed by atoms with Crippen molar-refractivity contribution >= 4 is 23.3 Å². The third-order valence-electron chi connectivity index (χ3n) is 6.16. The Morgan fingerprint density at radius 2 is 1.77 bits per heavy atom. The average molecular weight is 476 g/mol. The normalized spacial score (nSPS) is 21.4. The first kappa shape index (κ1) is 22.9. The van der Waals surface area contributed by atoms with E-state index in [0.29, 0.717) is 23.8 Å². The third-order valence-corrected chi connectivity index (χ3v) is 6.16. The van der Waals surface area contributed by atoms with Crippen LogP contribution >= 0.6 is 0 Å². The van der Waals surface area contributed by atoms with Crippen LogP contribution in [0.4, 0.5) is 11.5 Å². The fourth-order valence-corrected chi connectivity index (χ4v) is 4.32. The van der Waals surface area contributed by atoms with E-state index in [0.717, 1.165) is 16.8 Å². The molecule has 35 heavy (non-hydrogen) atoms. The molecule has 2 amide bonds. The molecular formula is C25H29N7O3. The van der Waals surface area contributed by atoms with Gasteiger partial charge in [-0.15, -0.1) is 0 Å². The van der Waals surface area contributed by atoms with E-state index in [4.69, 9.17) is 4.74 Å². The van der Waals surface area contributed by atoms with Gasteiger partial charge in [-0.1, -0.05) is 35.4 Å². The zero-order valence-electron chi connectivity index (χ0n) is 19.9. The molecule has 0 radical (unpaired) electrons. The van der Waals surface area contributed by atoms with Crippen molar-refractivity contribution in [1.82, 2.24) is 25.8 Å². The Hall–Kier alpha value is -3.89. The highest BCUT2D eigenvalue weighted by molar-refractivity contribution is 5.91. The number of nitrogens with one attached hydrogen (secondary N) is 4. The molecule has 3 atom stereocenters. The molecule has 5 rings (SSSR count). The van der Waals surface area contributed by atoms with Gasteiger partial charge in [-0.2, -0.15) is 5.10 Å². The van der Waals surface area contributed by atoms with Gasteiger partial charge in [-0.05, 0) is 45.0 Å². The average Bonchev–Trinajstić information content (AvgIpc) is 3.43. The number of aryl methyl sites for hydroxylation is 3. The van der Waals surface area contributed by atoms with Gasteiger partial charge in [0.2, 0.25) is 5.91 Å². The Morgan fingerprint density at radius 3 is 2.49 bits per heavy atom. The van der Waals surface area contributed by atoms with Crippen LogP contribution in [0.1, 0.15) is 23.1 Å². The van der Waals surface area contributed by atoms with E-state index in [9.17, 15) is 9.59 Å². The lowest BCUT2D eigenvalue weighted by molar-refractivity contribution is -0.129. The largest absolute Gasteiger partial charge is 0.484 e. The summed E-state index contributed by atoms with van der Waals surface area (Å²) in [4.78, 5) is 25.6. The van der Waals surface area contributed by atoms with Gasteiger partial charge in [-0.3, -0.25) is 19.9 Å². The van der Waals surface area contributed by atoms with Crippen molar-refractivity contribution < 1.29 is 14.3 Å². The number of nitrogens with zero attached hydrogens (tertiary/aromatic N) is 3. The van der Waals surface area contributed by atoms with E-state index in [1.807, 2.05) is 74.3 Å². The van der Waals surface area contributed by atoms with Gasteiger partial charge >= 0.3 is 0 Å². The Morgan fingerprint density at radius 1 is 1.09 bits per heavy atom. The second kappa shape index (κ2) is 9.40. The molecule has 0 spiro atoms. The van der Waals surface area contributed by atoms with Crippen LogP contribution in [0.3, 0.4) is 0 Å². The zero-order chi connectivity index (χ0) is 24.5. The maximum absolute atomic E-state index is 12.9. The Bertz CT molecular complexity index is 1220. The van der Waals surface area contributed by atoms with Gasteiger partial charge in [-0.25, -0.2) is 10.1 Å². The smallest absolute Gasteiger partial charge is 0.263 e. The molecule has 0 saturated carbocycles. The Balaban J connectivity index is 1.30. The van der Waals surface area contributed by atoms with E-state index in [1.54, 1.807) is 10.7 Å². The van der Waals surface area contributed by atoms with Gasteiger partial charge in [0.05, 0.1) is 17.3 Å². The van der Waals surface area contributed by atoms with E-state index in [-0.39, 0.29) is 30.5 Å². The van der Waals surface area contributed by atoms with Crippen molar-refractivity contribution in [2.24, 2.45) is 5.92 Å². The summed E-state index contributed by atoms with van der Waals surface area (Å²) >= 11 is 0. The quantitative estimate of drug-likeness (QED) is 0.431. The molecule has 0 bridgehead atoms. The van der Waals surface area contributed by atoms with Gasteiger partial charge < -0.3 is 15.4 Å². The molecule has 10 heteroatoms. The molecule has 1 aromatic heterocycles. The summed E-state index contributed by atoms with van der Waals surface area (Å²) in [7, 11) is 0. The maximum Gasteiger partial charge on any atom is 0.263 e. The Kier molecular flexibility index (Phi) is 6.14. The van der Waals surface area contributed by atoms with Crippen molar-refractivity contribution in [3.8, 4) is 5.75 Å². The second-order valence-corrected chi connectivity index (χ2v) is 8.96. The van der Waals surface area contributed by atoms with Crippen LogP contribution in [0, 0.1) is 26.7 Å². The van der Waals surface area contributed by atoms with Gasteiger partial charge in [0, 0.05) is 12.6 Å². The maximum atomic E-state index is 12.9. The van der Waals surface area contributed by atoms with Crippen molar-refractivity contribution in [3.63, 3.8) is 0 Å². The van der Waals surface area contributed by atoms with Crippen LogP contribution in [0.25, 0.3) is 0 Å². The summed E-state index contributed by atoms with van der Waals surface area (Å²) in [6, 6.07) is 17.4. The lowest BCUT2D eigenvalue weighted by atomic mass is 10.0. The number of ether oxygens (including phenoxy) is 1. The Labute approximate surface area is 203 Å². The van der Waals surface area contributed by atoms with E-state index in [2.05, 4.69) is 26.5 Å². The molecule has 2 aliphatic rings. The molecule has 3 aromatic rings.